The van der Waals surface area contributed by atoms with Crippen LogP contribution in [0.5, 0.6) is 0 Å². The van der Waals surface area contributed by atoms with Gasteiger partial charge in [0.25, 0.3) is 0 Å². The van der Waals surface area contributed by atoms with Crippen LogP contribution in [0.15, 0.2) is 0 Å². The van der Waals surface area contributed by atoms with E-state index >= 15 is 0 Å². The molecule has 0 spiro atoms. The summed E-state index contributed by atoms with van der Waals surface area (Å²) in [6, 6.07) is 0. The average molecular weight is 443 g/mol. The van der Waals surface area contributed by atoms with Crippen LogP contribution in [0.4, 0.5) is 40.5 Å². The average Bonchev–Trinajstić information content (AvgIpc) is 2.27. The van der Waals surface area contributed by atoms with Crippen molar-refractivity contribution in [2.24, 2.45) is 0 Å². The molecule has 160 valence electrons. The molecule has 0 saturated heterocycles. The molecular weight excluding hydrogens is 425 g/mol. The second-order valence-electron chi connectivity index (χ2n) is 3.49. The Hall–Kier alpha value is -0.810. The van der Waals surface area contributed by atoms with Crippen molar-refractivity contribution in [3.8, 4) is 0 Å². The molecular formula is C8H18F9NO5S2. The van der Waals surface area contributed by atoms with E-state index in [2.05, 4.69) is 25.7 Å². The van der Waals surface area contributed by atoms with E-state index in [4.69, 9.17) is 0 Å². The van der Waals surface area contributed by atoms with Crippen LogP contribution in [0.25, 0.3) is 0 Å². The number of rotatable bonds is 5. The highest BCUT2D eigenvalue weighted by atomic mass is 32.3. The number of hydrogen-bond donors (Lipinski definition) is 0. The molecule has 0 amide bonds. The van der Waals surface area contributed by atoms with Crippen molar-refractivity contribution in [3.63, 3.8) is 0 Å². The van der Waals surface area contributed by atoms with Crippen LogP contribution in [0.1, 0.15) is 20.8 Å². The summed E-state index contributed by atoms with van der Waals surface area (Å²) in [5.74, 6) is 0. The lowest BCUT2D eigenvalue weighted by Gasteiger charge is -2.13. The summed E-state index contributed by atoms with van der Waals surface area (Å²) in [4.78, 5) is 2.38. The molecule has 0 fully saturated rings. The standard InChI is InChI=1S/C6H15N.C2F6O5S2.3FH/c1-4-7(5-2)6-3;3-1(4,5)14(9,10)13-15(11,12)2(6,7)8;;;/h4-6H2,1-3H3;;3*1H. The van der Waals surface area contributed by atoms with Crippen LogP contribution >= 0.6 is 0 Å². The molecule has 0 aliphatic rings. The molecule has 0 aliphatic carbocycles. The number of alkyl halides is 6. The minimum absolute atomic E-state index is 0. The molecule has 0 aromatic heterocycles. The third kappa shape index (κ3) is 12.2. The Morgan fingerprint density at radius 1 is 0.680 bits per heavy atom. The van der Waals surface area contributed by atoms with Crippen molar-refractivity contribution in [2.45, 2.75) is 31.8 Å². The normalized spacial score (nSPS) is 12.1. The first-order chi connectivity index (χ1) is 9.55. The zero-order valence-corrected chi connectivity index (χ0v) is 14.6. The summed E-state index contributed by atoms with van der Waals surface area (Å²) in [5.41, 5.74) is -12.5. The van der Waals surface area contributed by atoms with E-state index in [9.17, 15) is 43.2 Å². The zero-order valence-electron chi connectivity index (χ0n) is 12.9. The molecule has 0 atom stereocenters. The fraction of sp³-hybridized carbons (Fsp3) is 1.00. The van der Waals surface area contributed by atoms with Gasteiger partial charge in [-0.1, -0.05) is 20.8 Å². The van der Waals surface area contributed by atoms with E-state index in [1.807, 2.05) is 3.63 Å². The van der Waals surface area contributed by atoms with E-state index in [1.54, 1.807) is 0 Å². The fourth-order valence-electron chi connectivity index (χ4n) is 0.866. The van der Waals surface area contributed by atoms with Crippen molar-refractivity contribution in [3.05, 3.63) is 0 Å². The topological polar surface area (TPSA) is 80.8 Å². The zero-order chi connectivity index (χ0) is 18.4. The second kappa shape index (κ2) is 12.5. The minimum Gasteiger partial charge on any atom is -0.304 e. The molecule has 0 aliphatic heterocycles. The first-order valence-electron chi connectivity index (χ1n) is 5.61. The van der Waals surface area contributed by atoms with Gasteiger partial charge >= 0.3 is 31.3 Å². The largest absolute Gasteiger partial charge is 0.524 e. The van der Waals surface area contributed by atoms with Crippen molar-refractivity contribution >= 4 is 20.2 Å². The van der Waals surface area contributed by atoms with Gasteiger partial charge in [-0.25, -0.2) is 0 Å². The van der Waals surface area contributed by atoms with Crippen LogP contribution < -0.4 is 0 Å². The maximum atomic E-state index is 11.4. The quantitative estimate of drug-likeness (QED) is 0.480. The maximum Gasteiger partial charge on any atom is 0.524 e. The molecule has 0 aromatic rings. The van der Waals surface area contributed by atoms with E-state index < -0.39 is 31.3 Å². The molecule has 0 N–H and O–H groups in total. The first kappa shape index (κ1) is 35.3. The number of hydrogen-bond acceptors (Lipinski definition) is 6. The third-order valence-electron chi connectivity index (χ3n) is 2.09. The van der Waals surface area contributed by atoms with Crippen LogP contribution in [0, 0.1) is 0 Å². The molecule has 0 rings (SSSR count). The van der Waals surface area contributed by atoms with Crippen LogP contribution in [0.3, 0.4) is 0 Å². The van der Waals surface area contributed by atoms with Gasteiger partial charge in [-0.05, 0) is 19.6 Å². The highest BCUT2D eigenvalue weighted by Crippen LogP contribution is 2.32. The summed E-state index contributed by atoms with van der Waals surface area (Å²) in [6.45, 7) is 10.1. The summed E-state index contributed by atoms with van der Waals surface area (Å²) in [6.07, 6.45) is 0. The Bertz CT molecular complexity index is 478. The molecule has 0 radical (unpaired) electrons. The van der Waals surface area contributed by atoms with Gasteiger partial charge in [0.05, 0.1) is 0 Å². The molecule has 25 heavy (non-hydrogen) atoms. The van der Waals surface area contributed by atoms with Gasteiger partial charge in [-0.2, -0.15) is 43.2 Å². The highest BCUT2D eigenvalue weighted by Gasteiger charge is 2.57. The minimum atomic E-state index is -6.85. The van der Waals surface area contributed by atoms with Gasteiger partial charge in [-0.15, -0.1) is 3.63 Å². The lowest BCUT2D eigenvalue weighted by atomic mass is 10.5. The van der Waals surface area contributed by atoms with Crippen LogP contribution in [0.2, 0.25) is 0 Å². The molecule has 0 bridgehead atoms. The van der Waals surface area contributed by atoms with Gasteiger partial charge in [0, 0.05) is 0 Å². The Kier molecular flexibility index (Phi) is 17.7. The Morgan fingerprint density at radius 2 is 0.880 bits per heavy atom. The smallest absolute Gasteiger partial charge is 0.304 e. The van der Waals surface area contributed by atoms with Crippen molar-refractivity contribution in [1.29, 1.82) is 0 Å². The molecule has 0 heterocycles. The van der Waals surface area contributed by atoms with Gasteiger partial charge in [0.15, 0.2) is 0 Å². The van der Waals surface area contributed by atoms with E-state index in [0.29, 0.717) is 0 Å². The van der Waals surface area contributed by atoms with E-state index in [-0.39, 0.29) is 14.1 Å². The number of halogens is 9. The molecule has 0 aromatic carbocycles. The van der Waals surface area contributed by atoms with Crippen molar-refractivity contribution < 1.29 is 60.9 Å². The van der Waals surface area contributed by atoms with E-state index in [1.165, 1.54) is 19.6 Å². The number of nitrogens with zero attached hydrogens (tertiary/aromatic N) is 1. The molecule has 0 unspecified atom stereocenters. The molecule has 6 nitrogen and oxygen atoms in total. The predicted octanol–water partition coefficient (Wildman–Crippen LogP) is 2.51. The first-order valence-corrected chi connectivity index (χ1v) is 8.43. The second-order valence-corrected chi connectivity index (χ2v) is 6.77. The Labute approximate surface area is 138 Å². The van der Waals surface area contributed by atoms with Gasteiger partial charge < -0.3 is 4.90 Å². The van der Waals surface area contributed by atoms with Gasteiger partial charge in [0.1, 0.15) is 0 Å². The Morgan fingerprint density at radius 3 is 0.960 bits per heavy atom. The monoisotopic (exact) mass is 443 g/mol. The Balaban J connectivity index is -0.000000116. The summed E-state index contributed by atoms with van der Waals surface area (Å²) < 4.78 is 110. The SMILES string of the molecule is CCN(CC)CC.F.F.F.O=S(=O)(OS(=O)(=O)C(F)(F)F)C(F)(F)F. The third-order valence-corrected chi connectivity index (χ3v) is 4.65. The van der Waals surface area contributed by atoms with Crippen LogP contribution in [-0.4, -0.2) is 52.4 Å². The summed E-state index contributed by atoms with van der Waals surface area (Å²) >= 11 is 0. The molecule has 0 saturated carbocycles. The molecule has 17 heteroatoms. The van der Waals surface area contributed by atoms with Gasteiger partial charge in [0.2, 0.25) is 0 Å². The summed E-state index contributed by atoms with van der Waals surface area (Å²) in [5, 5.41) is 0. The van der Waals surface area contributed by atoms with E-state index in [0.717, 1.165) is 0 Å². The van der Waals surface area contributed by atoms with Crippen molar-refractivity contribution in [1.82, 2.24) is 4.90 Å². The maximum absolute atomic E-state index is 11.4. The van der Waals surface area contributed by atoms with Crippen LogP contribution in [-0.2, 0) is 23.9 Å². The lowest BCUT2D eigenvalue weighted by molar-refractivity contribution is -0.0585. The fourth-order valence-corrected chi connectivity index (χ4v) is 2.43. The van der Waals surface area contributed by atoms with Crippen molar-refractivity contribution in [2.75, 3.05) is 19.6 Å². The van der Waals surface area contributed by atoms with Gasteiger partial charge in [-0.3, -0.25) is 14.1 Å². The summed E-state index contributed by atoms with van der Waals surface area (Å²) in [7, 11) is -13.7. The lowest BCUT2D eigenvalue weighted by Crippen LogP contribution is -2.34. The predicted molar refractivity (Wildman–Crippen MR) is 72.0 cm³/mol. The highest BCUT2D eigenvalue weighted by molar-refractivity contribution is 8.00.